The standard InChI is InChI=1S/C5H12NO2S/c1-6-2-4-9(7,8)5-3-6/h7-8H,1-5H2. The van der Waals surface area contributed by atoms with Crippen molar-refractivity contribution in [3.8, 4) is 0 Å². The molecular weight excluding hydrogens is 138 g/mol. The van der Waals surface area contributed by atoms with Crippen LogP contribution in [0.25, 0.3) is 0 Å². The summed E-state index contributed by atoms with van der Waals surface area (Å²) in [4.78, 5) is 1.86. The molecule has 0 aromatic carbocycles. The summed E-state index contributed by atoms with van der Waals surface area (Å²) in [5.41, 5.74) is 0. The van der Waals surface area contributed by atoms with Crippen molar-refractivity contribution in [2.75, 3.05) is 24.6 Å². The van der Waals surface area contributed by atoms with E-state index in [0.29, 0.717) is 24.6 Å². The first kappa shape index (κ1) is 7.34. The summed E-state index contributed by atoms with van der Waals surface area (Å²) in [6.07, 6.45) is 0. The second-order valence-corrected chi connectivity index (χ2v) is 4.75. The van der Waals surface area contributed by atoms with Crippen LogP contribution in [0.3, 0.4) is 0 Å². The van der Waals surface area contributed by atoms with Gasteiger partial charge in [-0.2, -0.15) is 10.6 Å². The lowest BCUT2D eigenvalue weighted by Gasteiger charge is -2.39. The molecule has 1 heterocycles. The summed E-state index contributed by atoms with van der Waals surface area (Å²) < 4.78 is 18.2. The van der Waals surface area contributed by atoms with Crippen molar-refractivity contribution in [3.63, 3.8) is 0 Å². The van der Waals surface area contributed by atoms with Crippen molar-refractivity contribution in [1.82, 2.24) is 4.90 Å². The summed E-state index contributed by atoms with van der Waals surface area (Å²) in [5.74, 6) is 0.993. The Morgan fingerprint density at radius 1 is 1.22 bits per heavy atom. The highest BCUT2D eigenvalue weighted by Crippen LogP contribution is 2.39. The fourth-order valence-electron chi connectivity index (χ4n) is 0.764. The predicted octanol–water partition coefficient (Wildman–Crippen LogP) is 0.844. The van der Waals surface area contributed by atoms with E-state index >= 15 is 0 Å². The van der Waals surface area contributed by atoms with Gasteiger partial charge in [-0.25, -0.2) is 0 Å². The molecule has 0 aromatic rings. The Kier molecular flexibility index (Phi) is 2.00. The Bertz CT molecular complexity index is 97.1. The molecule has 3 nitrogen and oxygen atoms in total. The Labute approximate surface area is 57.0 Å². The molecule has 55 valence electrons. The van der Waals surface area contributed by atoms with Gasteiger partial charge >= 0.3 is 0 Å². The lowest BCUT2D eigenvalue weighted by Crippen LogP contribution is -2.33. The van der Waals surface area contributed by atoms with Crippen LogP contribution in [0.4, 0.5) is 0 Å². The molecule has 1 rings (SSSR count). The van der Waals surface area contributed by atoms with Crippen LogP contribution in [0.2, 0.25) is 0 Å². The molecule has 1 fully saturated rings. The van der Waals surface area contributed by atoms with E-state index in [1.807, 2.05) is 4.90 Å². The predicted molar refractivity (Wildman–Crippen MR) is 39.5 cm³/mol. The third-order valence-corrected chi connectivity index (χ3v) is 3.14. The molecule has 1 aliphatic rings. The highest BCUT2D eigenvalue weighted by molar-refractivity contribution is 8.24. The summed E-state index contributed by atoms with van der Waals surface area (Å²) in [6.45, 7) is 1.42. The molecular formula is C5H12NO2S. The molecule has 1 radical (unpaired) electrons. The minimum Gasteiger partial charge on any atom is -0.299 e. The molecule has 0 aliphatic carbocycles. The SMILES string of the molecule is [CH2]N1CCS(O)(O)CC1. The minimum atomic E-state index is -2.20. The van der Waals surface area contributed by atoms with Crippen molar-refractivity contribution < 1.29 is 9.11 Å². The molecule has 0 aromatic heterocycles. The number of hydrogen-bond acceptors (Lipinski definition) is 3. The molecule has 2 N–H and O–H groups in total. The van der Waals surface area contributed by atoms with Gasteiger partial charge in [-0.1, -0.05) is 0 Å². The van der Waals surface area contributed by atoms with E-state index in [0.717, 1.165) is 0 Å². The first-order chi connectivity index (χ1) is 4.10. The van der Waals surface area contributed by atoms with Crippen molar-refractivity contribution >= 4 is 10.6 Å². The Morgan fingerprint density at radius 2 is 1.67 bits per heavy atom. The zero-order valence-electron chi connectivity index (χ0n) is 5.29. The third-order valence-electron chi connectivity index (χ3n) is 1.47. The molecule has 1 aliphatic heterocycles. The van der Waals surface area contributed by atoms with Gasteiger partial charge in [0.25, 0.3) is 0 Å². The van der Waals surface area contributed by atoms with E-state index in [-0.39, 0.29) is 0 Å². The van der Waals surface area contributed by atoms with Gasteiger partial charge in [0.2, 0.25) is 0 Å². The summed E-state index contributed by atoms with van der Waals surface area (Å²) in [6, 6.07) is 0. The molecule has 0 saturated carbocycles. The second kappa shape index (κ2) is 2.46. The largest absolute Gasteiger partial charge is 0.299 e. The lowest BCUT2D eigenvalue weighted by molar-refractivity contribution is 0.371. The van der Waals surface area contributed by atoms with E-state index in [1.54, 1.807) is 0 Å². The zero-order chi connectivity index (χ0) is 6.91. The monoisotopic (exact) mass is 150 g/mol. The second-order valence-electron chi connectivity index (χ2n) is 2.33. The van der Waals surface area contributed by atoms with Gasteiger partial charge in [-0.15, -0.1) is 0 Å². The van der Waals surface area contributed by atoms with Gasteiger partial charge in [0.1, 0.15) is 0 Å². The molecule has 1 saturated heterocycles. The van der Waals surface area contributed by atoms with Gasteiger partial charge in [0, 0.05) is 20.1 Å². The molecule has 0 amide bonds. The van der Waals surface area contributed by atoms with Gasteiger partial charge in [0.05, 0.1) is 11.5 Å². The van der Waals surface area contributed by atoms with E-state index in [1.165, 1.54) is 0 Å². The van der Waals surface area contributed by atoms with Crippen LogP contribution in [-0.4, -0.2) is 38.6 Å². The van der Waals surface area contributed by atoms with Crippen LogP contribution in [0.1, 0.15) is 0 Å². The van der Waals surface area contributed by atoms with Crippen LogP contribution in [-0.2, 0) is 0 Å². The van der Waals surface area contributed by atoms with Gasteiger partial charge < -0.3 is 0 Å². The molecule has 0 spiro atoms. The first-order valence-corrected chi connectivity index (χ1v) is 4.78. The highest BCUT2D eigenvalue weighted by atomic mass is 32.3. The van der Waals surface area contributed by atoms with Crippen LogP contribution < -0.4 is 0 Å². The molecule has 4 heteroatoms. The van der Waals surface area contributed by atoms with Crippen molar-refractivity contribution in [1.29, 1.82) is 0 Å². The van der Waals surface area contributed by atoms with Crippen molar-refractivity contribution in [3.05, 3.63) is 7.05 Å². The Balaban J connectivity index is 2.35. The van der Waals surface area contributed by atoms with Gasteiger partial charge in [0.15, 0.2) is 0 Å². The topological polar surface area (TPSA) is 43.7 Å². The van der Waals surface area contributed by atoms with Crippen LogP contribution in [0.5, 0.6) is 0 Å². The fraction of sp³-hybridized carbons (Fsp3) is 0.800. The maximum atomic E-state index is 9.08. The zero-order valence-corrected chi connectivity index (χ0v) is 6.10. The van der Waals surface area contributed by atoms with Gasteiger partial charge in [-0.05, 0) is 0 Å². The van der Waals surface area contributed by atoms with E-state index < -0.39 is 10.6 Å². The minimum absolute atomic E-state index is 0.497. The van der Waals surface area contributed by atoms with Crippen LogP contribution in [0, 0.1) is 7.05 Å². The van der Waals surface area contributed by atoms with E-state index in [4.69, 9.17) is 9.11 Å². The van der Waals surface area contributed by atoms with Gasteiger partial charge in [-0.3, -0.25) is 14.0 Å². The molecule has 0 unspecified atom stereocenters. The van der Waals surface area contributed by atoms with Crippen molar-refractivity contribution in [2.24, 2.45) is 0 Å². The fourth-order valence-corrected chi connectivity index (χ4v) is 2.07. The average molecular weight is 150 g/mol. The maximum absolute atomic E-state index is 9.08. The average Bonchev–Trinajstić information content (AvgIpc) is 1.78. The number of nitrogens with zero attached hydrogens (tertiary/aromatic N) is 1. The molecule has 0 bridgehead atoms. The van der Waals surface area contributed by atoms with E-state index in [2.05, 4.69) is 7.05 Å². The van der Waals surface area contributed by atoms with Crippen LogP contribution in [0.15, 0.2) is 0 Å². The molecule has 9 heavy (non-hydrogen) atoms. The summed E-state index contributed by atoms with van der Waals surface area (Å²) in [7, 11) is 1.49. The summed E-state index contributed by atoms with van der Waals surface area (Å²) >= 11 is 0. The molecule has 0 atom stereocenters. The number of hydrogen-bond donors (Lipinski definition) is 2. The number of rotatable bonds is 0. The normalized spacial score (nSPS) is 31.9. The third kappa shape index (κ3) is 2.14. The van der Waals surface area contributed by atoms with Crippen molar-refractivity contribution in [2.45, 2.75) is 0 Å². The smallest absolute Gasteiger partial charge is 0.0502 e. The highest BCUT2D eigenvalue weighted by Gasteiger charge is 2.18. The Hall–Kier alpha value is 0.230. The lowest BCUT2D eigenvalue weighted by atomic mass is 10.6. The Morgan fingerprint density at radius 3 is 2.00 bits per heavy atom. The van der Waals surface area contributed by atoms with Crippen LogP contribution >= 0.6 is 10.6 Å². The quantitative estimate of drug-likeness (QED) is 0.538. The van der Waals surface area contributed by atoms with E-state index in [9.17, 15) is 0 Å². The first-order valence-electron chi connectivity index (χ1n) is 2.89. The maximum Gasteiger partial charge on any atom is 0.0502 e. The summed E-state index contributed by atoms with van der Waals surface area (Å²) in [5, 5.41) is 0.